The summed E-state index contributed by atoms with van der Waals surface area (Å²) >= 11 is 1.34. The van der Waals surface area contributed by atoms with Crippen molar-refractivity contribution < 1.29 is 19.4 Å². The molecule has 4 nitrogen and oxygen atoms in total. The number of rotatable bonds is 4. The van der Waals surface area contributed by atoms with Crippen LogP contribution in [0.15, 0.2) is 24.3 Å². The Labute approximate surface area is 97.6 Å². The van der Waals surface area contributed by atoms with Crippen LogP contribution in [0.1, 0.15) is 0 Å². The number of benzene rings is 1. The SMILES string of the molecule is O=C(O)CSCC1COc2ccccc2O1. The van der Waals surface area contributed by atoms with E-state index in [0.29, 0.717) is 12.4 Å². The second kappa shape index (κ2) is 5.12. The molecule has 0 fully saturated rings. The average molecular weight is 240 g/mol. The molecule has 0 saturated carbocycles. The summed E-state index contributed by atoms with van der Waals surface area (Å²) in [5, 5.41) is 8.51. The summed E-state index contributed by atoms with van der Waals surface area (Å²) in [6.07, 6.45) is -0.0701. The first-order valence-corrected chi connectivity index (χ1v) is 6.09. The van der Waals surface area contributed by atoms with Crippen LogP contribution in [0, 0.1) is 0 Å². The van der Waals surface area contributed by atoms with Crippen LogP contribution in [0.5, 0.6) is 11.5 Å². The minimum Gasteiger partial charge on any atom is -0.486 e. The number of ether oxygens (including phenoxy) is 2. The van der Waals surface area contributed by atoms with Crippen molar-refractivity contribution >= 4 is 17.7 Å². The molecule has 0 aliphatic carbocycles. The number of aliphatic carboxylic acids is 1. The smallest absolute Gasteiger partial charge is 0.313 e. The summed E-state index contributed by atoms with van der Waals surface area (Å²) in [5.74, 6) is 1.40. The van der Waals surface area contributed by atoms with Crippen molar-refractivity contribution in [2.45, 2.75) is 6.10 Å². The molecule has 0 saturated heterocycles. The van der Waals surface area contributed by atoms with Gasteiger partial charge < -0.3 is 14.6 Å². The molecular formula is C11H12O4S. The number of hydrogen-bond donors (Lipinski definition) is 1. The molecule has 1 aliphatic rings. The van der Waals surface area contributed by atoms with E-state index in [-0.39, 0.29) is 11.9 Å². The molecule has 1 N–H and O–H groups in total. The van der Waals surface area contributed by atoms with Gasteiger partial charge in [0.25, 0.3) is 0 Å². The van der Waals surface area contributed by atoms with Crippen molar-refractivity contribution in [3.05, 3.63) is 24.3 Å². The van der Waals surface area contributed by atoms with E-state index in [2.05, 4.69) is 0 Å². The molecule has 16 heavy (non-hydrogen) atoms. The van der Waals surface area contributed by atoms with Crippen LogP contribution >= 0.6 is 11.8 Å². The van der Waals surface area contributed by atoms with E-state index in [1.165, 1.54) is 11.8 Å². The summed E-state index contributed by atoms with van der Waals surface area (Å²) in [4.78, 5) is 10.3. The van der Waals surface area contributed by atoms with Gasteiger partial charge in [0, 0.05) is 5.75 Å². The van der Waals surface area contributed by atoms with E-state index in [4.69, 9.17) is 14.6 Å². The lowest BCUT2D eigenvalue weighted by atomic mass is 10.3. The third-order valence-corrected chi connectivity index (χ3v) is 3.16. The van der Waals surface area contributed by atoms with Gasteiger partial charge in [-0.1, -0.05) is 12.1 Å². The van der Waals surface area contributed by atoms with Crippen LogP contribution in [0.3, 0.4) is 0 Å². The van der Waals surface area contributed by atoms with Gasteiger partial charge in [0.2, 0.25) is 0 Å². The maximum Gasteiger partial charge on any atom is 0.313 e. The van der Waals surface area contributed by atoms with Gasteiger partial charge in [-0.3, -0.25) is 4.79 Å². The molecule has 1 heterocycles. The Hall–Kier alpha value is -1.36. The van der Waals surface area contributed by atoms with Gasteiger partial charge in [0.15, 0.2) is 11.5 Å². The van der Waals surface area contributed by atoms with Crippen molar-refractivity contribution in [2.75, 3.05) is 18.1 Å². The van der Waals surface area contributed by atoms with Gasteiger partial charge in [-0.05, 0) is 12.1 Å². The Morgan fingerprint density at radius 1 is 1.44 bits per heavy atom. The fourth-order valence-corrected chi connectivity index (χ4v) is 2.14. The van der Waals surface area contributed by atoms with Crippen molar-refractivity contribution in [1.29, 1.82) is 0 Å². The monoisotopic (exact) mass is 240 g/mol. The Balaban J connectivity index is 1.86. The molecule has 2 rings (SSSR count). The third-order valence-electron chi connectivity index (χ3n) is 2.10. The number of carboxylic acids is 1. The quantitative estimate of drug-likeness (QED) is 0.867. The first-order valence-electron chi connectivity index (χ1n) is 4.94. The molecule has 0 radical (unpaired) electrons. The van der Waals surface area contributed by atoms with Crippen LogP contribution in [-0.2, 0) is 4.79 Å². The average Bonchev–Trinajstić information content (AvgIpc) is 2.28. The van der Waals surface area contributed by atoms with Gasteiger partial charge >= 0.3 is 5.97 Å². The molecule has 0 spiro atoms. The summed E-state index contributed by atoms with van der Waals surface area (Å²) in [6, 6.07) is 7.48. The predicted octanol–water partition coefficient (Wildman–Crippen LogP) is 1.64. The minimum atomic E-state index is -0.804. The number of thioether (sulfide) groups is 1. The molecule has 0 aromatic heterocycles. The van der Waals surface area contributed by atoms with Crippen molar-refractivity contribution in [1.82, 2.24) is 0 Å². The molecule has 1 unspecified atom stereocenters. The normalized spacial score (nSPS) is 18.1. The molecule has 1 aliphatic heterocycles. The summed E-state index contributed by atoms with van der Waals surface area (Å²) in [5.41, 5.74) is 0. The van der Waals surface area contributed by atoms with Crippen LogP contribution in [0.2, 0.25) is 0 Å². The van der Waals surface area contributed by atoms with Gasteiger partial charge in [-0.25, -0.2) is 0 Å². The van der Waals surface area contributed by atoms with Crippen LogP contribution in [-0.4, -0.2) is 35.3 Å². The van der Waals surface area contributed by atoms with E-state index in [1.54, 1.807) is 0 Å². The highest BCUT2D eigenvalue weighted by atomic mass is 32.2. The third kappa shape index (κ3) is 2.82. The van der Waals surface area contributed by atoms with E-state index in [0.717, 1.165) is 11.5 Å². The van der Waals surface area contributed by atoms with E-state index >= 15 is 0 Å². The lowest BCUT2D eigenvalue weighted by Gasteiger charge is -2.25. The van der Waals surface area contributed by atoms with Gasteiger partial charge in [0.05, 0.1) is 5.75 Å². The lowest BCUT2D eigenvalue weighted by Crippen LogP contribution is -2.31. The Kier molecular flexibility index (Phi) is 3.56. The van der Waals surface area contributed by atoms with Crippen molar-refractivity contribution in [3.63, 3.8) is 0 Å². The summed E-state index contributed by atoms with van der Waals surface area (Å²) in [6.45, 7) is 0.476. The highest BCUT2D eigenvalue weighted by Crippen LogP contribution is 2.31. The maximum atomic E-state index is 10.3. The number of carbonyl (C=O) groups is 1. The standard InChI is InChI=1S/C11H12O4S/c12-11(13)7-16-6-8-5-14-9-3-1-2-4-10(9)15-8/h1-4,8H,5-7H2,(H,12,13). The molecule has 1 aromatic carbocycles. The second-order valence-electron chi connectivity index (χ2n) is 3.41. The Bertz CT molecular complexity index is 380. The van der Waals surface area contributed by atoms with Gasteiger partial charge in [-0.15, -0.1) is 11.8 Å². The highest BCUT2D eigenvalue weighted by molar-refractivity contribution is 7.99. The maximum absolute atomic E-state index is 10.3. The van der Waals surface area contributed by atoms with E-state index < -0.39 is 5.97 Å². The Morgan fingerprint density at radius 2 is 2.19 bits per heavy atom. The minimum absolute atomic E-state index is 0.0701. The van der Waals surface area contributed by atoms with E-state index in [1.807, 2.05) is 24.3 Å². The zero-order valence-corrected chi connectivity index (χ0v) is 9.40. The number of fused-ring (bicyclic) bond motifs is 1. The molecule has 86 valence electrons. The number of para-hydroxylation sites is 2. The van der Waals surface area contributed by atoms with Crippen molar-refractivity contribution in [2.24, 2.45) is 0 Å². The summed E-state index contributed by atoms with van der Waals surface area (Å²) in [7, 11) is 0. The van der Waals surface area contributed by atoms with Crippen LogP contribution < -0.4 is 9.47 Å². The topological polar surface area (TPSA) is 55.8 Å². The van der Waals surface area contributed by atoms with Gasteiger partial charge in [-0.2, -0.15) is 0 Å². The Morgan fingerprint density at radius 3 is 2.94 bits per heavy atom. The van der Waals surface area contributed by atoms with Crippen LogP contribution in [0.25, 0.3) is 0 Å². The lowest BCUT2D eigenvalue weighted by molar-refractivity contribution is -0.133. The van der Waals surface area contributed by atoms with E-state index in [9.17, 15) is 4.79 Å². The summed E-state index contributed by atoms with van der Waals surface area (Å²) < 4.78 is 11.2. The molecule has 1 aromatic rings. The van der Waals surface area contributed by atoms with Crippen LogP contribution in [0.4, 0.5) is 0 Å². The molecule has 5 heteroatoms. The fourth-order valence-electron chi connectivity index (χ4n) is 1.42. The van der Waals surface area contributed by atoms with Crippen molar-refractivity contribution in [3.8, 4) is 11.5 Å². The number of hydrogen-bond acceptors (Lipinski definition) is 4. The largest absolute Gasteiger partial charge is 0.486 e. The number of carboxylic acid groups (broad SMARTS) is 1. The fraction of sp³-hybridized carbons (Fsp3) is 0.364. The highest BCUT2D eigenvalue weighted by Gasteiger charge is 2.20. The molecule has 1 atom stereocenters. The first kappa shape index (κ1) is 11.1. The zero-order valence-electron chi connectivity index (χ0n) is 8.59. The first-order chi connectivity index (χ1) is 7.75. The molecule has 0 amide bonds. The zero-order chi connectivity index (χ0) is 11.4. The molecular weight excluding hydrogens is 228 g/mol. The second-order valence-corrected chi connectivity index (χ2v) is 4.44. The molecule has 0 bridgehead atoms. The predicted molar refractivity (Wildman–Crippen MR) is 61.3 cm³/mol. The van der Waals surface area contributed by atoms with Gasteiger partial charge in [0.1, 0.15) is 12.7 Å².